The Balaban J connectivity index is 0.000000239. The number of aryl methyl sites for hydroxylation is 3. The molecule has 8 nitrogen and oxygen atoms in total. The van der Waals surface area contributed by atoms with E-state index in [0.717, 1.165) is 6.42 Å². The zero-order chi connectivity index (χ0) is 24.9. The van der Waals surface area contributed by atoms with Crippen LogP contribution >= 0.6 is 0 Å². The van der Waals surface area contributed by atoms with Gasteiger partial charge in [0, 0.05) is 31.3 Å². The van der Waals surface area contributed by atoms with Gasteiger partial charge in [-0.05, 0) is 48.9 Å². The van der Waals surface area contributed by atoms with Crippen molar-refractivity contribution in [2.75, 3.05) is 18.1 Å². The van der Waals surface area contributed by atoms with Gasteiger partial charge in [-0.3, -0.25) is 14.2 Å². The molecule has 0 spiro atoms. The third-order valence-electron chi connectivity index (χ3n) is 6.21. The molecule has 1 amide bonds. The van der Waals surface area contributed by atoms with Gasteiger partial charge in [0.2, 0.25) is 5.91 Å². The number of pyridine rings is 1. The number of aromatic nitrogens is 3. The molecule has 0 saturated heterocycles. The molecule has 0 saturated carbocycles. The number of nitrogens with one attached hydrogen (secondary N) is 2. The van der Waals surface area contributed by atoms with Crippen LogP contribution in [0.5, 0.6) is 0 Å². The Morgan fingerprint density at radius 3 is 2.83 bits per heavy atom. The van der Waals surface area contributed by atoms with Gasteiger partial charge in [0.05, 0.1) is 6.20 Å². The molecular formula is C25H28F2N6O2. The molecule has 1 unspecified atom stereocenters. The molecule has 2 aromatic heterocycles. The average Bonchev–Trinajstić information content (AvgIpc) is 3.51. The highest BCUT2D eigenvalue weighted by molar-refractivity contribution is 5.80. The monoisotopic (exact) mass is 482 g/mol. The van der Waals surface area contributed by atoms with Crippen molar-refractivity contribution in [3.05, 3.63) is 81.2 Å². The first-order valence-corrected chi connectivity index (χ1v) is 11.5. The molecule has 2 aliphatic rings. The summed E-state index contributed by atoms with van der Waals surface area (Å²) in [5.41, 5.74) is 8.58. The molecule has 1 atom stereocenters. The summed E-state index contributed by atoms with van der Waals surface area (Å²) in [5, 5.41) is 5.48. The van der Waals surface area contributed by atoms with Crippen LogP contribution in [0.3, 0.4) is 0 Å². The van der Waals surface area contributed by atoms with Crippen molar-refractivity contribution in [1.29, 1.82) is 0 Å². The molecule has 1 aromatic carbocycles. The second-order valence-electron chi connectivity index (χ2n) is 8.53. The van der Waals surface area contributed by atoms with Crippen LogP contribution in [-0.2, 0) is 30.6 Å². The summed E-state index contributed by atoms with van der Waals surface area (Å²) in [7, 11) is 1.52. The molecule has 1 aliphatic heterocycles. The van der Waals surface area contributed by atoms with Crippen molar-refractivity contribution in [2.24, 2.45) is 0 Å². The predicted molar refractivity (Wildman–Crippen MR) is 129 cm³/mol. The minimum Gasteiger partial charge on any atom is -0.384 e. The number of carbonyl (C=O) groups is 1. The number of halogens is 2. The molecule has 0 radical (unpaired) electrons. The number of likely N-dealkylation sites (N-methyl/N-ethyl adjacent to an activating group) is 1. The smallest absolute Gasteiger partial charge is 0.277 e. The van der Waals surface area contributed by atoms with Crippen LogP contribution in [0.1, 0.15) is 53.5 Å². The van der Waals surface area contributed by atoms with Gasteiger partial charge in [0.25, 0.3) is 12.0 Å². The van der Waals surface area contributed by atoms with Gasteiger partial charge in [-0.1, -0.05) is 24.3 Å². The van der Waals surface area contributed by atoms with Gasteiger partial charge in [-0.15, -0.1) is 0 Å². The Labute approximate surface area is 201 Å². The number of anilines is 2. The lowest BCUT2D eigenvalue weighted by atomic mass is 10.1. The Morgan fingerprint density at radius 2 is 2.06 bits per heavy atom. The number of hydrogen-bond donors (Lipinski definition) is 3. The fourth-order valence-electron chi connectivity index (χ4n) is 4.41. The summed E-state index contributed by atoms with van der Waals surface area (Å²) in [6.07, 6.45) is 3.51. The number of rotatable bonds is 5. The van der Waals surface area contributed by atoms with Gasteiger partial charge in [-0.2, -0.15) is 0 Å². The van der Waals surface area contributed by atoms with Crippen molar-refractivity contribution in [3.63, 3.8) is 0 Å². The van der Waals surface area contributed by atoms with Gasteiger partial charge in [0.15, 0.2) is 0 Å². The van der Waals surface area contributed by atoms with Crippen molar-refractivity contribution in [3.8, 4) is 0 Å². The first kappa shape index (κ1) is 24.3. The highest BCUT2D eigenvalue weighted by Crippen LogP contribution is 2.24. The Bertz CT molecular complexity index is 1280. The second kappa shape index (κ2) is 10.6. The van der Waals surface area contributed by atoms with Crippen LogP contribution in [0.25, 0.3) is 0 Å². The summed E-state index contributed by atoms with van der Waals surface area (Å²) in [4.78, 5) is 33.1. The average molecular weight is 483 g/mol. The van der Waals surface area contributed by atoms with Crippen LogP contribution in [0, 0.1) is 0 Å². The maximum absolute atomic E-state index is 12.8. The quantitative estimate of drug-likeness (QED) is 0.515. The molecule has 10 heteroatoms. The molecular weight excluding hydrogens is 454 g/mol. The third kappa shape index (κ3) is 5.47. The zero-order valence-electron chi connectivity index (χ0n) is 19.4. The van der Waals surface area contributed by atoms with Gasteiger partial charge in [-0.25, -0.2) is 18.7 Å². The maximum Gasteiger partial charge on any atom is 0.277 e. The van der Waals surface area contributed by atoms with E-state index in [4.69, 9.17) is 5.73 Å². The largest absolute Gasteiger partial charge is 0.384 e. The molecule has 5 rings (SSSR count). The van der Waals surface area contributed by atoms with Gasteiger partial charge < -0.3 is 16.4 Å². The van der Waals surface area contributed by atoms with Crippen molar-refractivity contribution >= 4 is 17.4 Å². The maximum atomic E-state index is 12.8. The molecule has 0 bridgehead atoms. The molecule has 3 aromatic rings. The summed E-state index contributed by atoms with van der Waals surface area (Å²) in [6, 6.07) is 9.40. The van der Waals surface area contributed by atoms with Gasteiger partial charge in [0.1, 0.15) is 23.4 Å². The van der Waals surface area contributed by atoms with Crippen molar-refractivity contribution in [1.82, 2.24) is 19.9 Å². The van der Waals surface area contributed by atoms with E-state index >= 15 is 0 Å². The summed E-state index contributed by atoms with van der Waals surface area (Å²) in [6.45, 7) is 0.210. The van der Waals surface area contributed by atoms with Crippen LogP contribution in [0.2, 0.25) is 0 Å². The number of nitrogen functional groups attached to an aromatic ring is 1. The van der Waals surface area contributed by atoms with E-state index in [-0.39, 0.29) is 29.3 Å². The van der Waals surface area contributed by atoms with E-state index in [9.17, 15) is 18.4 Å². The zero-order valence-corrected chi connectivity index (χ0v) is 19.4. The molecule has 3 heterocycles. The lowest BCUT2D eigenvalue weighted by Gasteiger charge is -2.14. The fourth-order valence-corrected chi connectivity index (χ4v) is 4.41. The lowest BCUT2D eigenvalue weighted by Crippen LogP contribution is -2.35. The van der Waals surface area contributed by atoms with E-state index in [2.05, 4.69) is 26.7 Å². The summed E-state index contributed by atoms with van der Waals surface area (Å²) < 4.78 is 26.9. The number of amides is 1. The summed E-state index contributed by atoms with van der Waals surface area (Å²) in [5.74, 6) is 0.994. The third-order valence-corrected chi connectivity index (χ3v) is 6.21. The number of fused-ring (bicyclic) bond motifs is 2. The second-order valence-corrected chi connectivity index (χ2v) is 8.53. The first-order valence-electron chi connectivity index (χ1n) is 11.5. The molecule has 1 aliphatic carbocycles. The predicted octanol–water partition coefficient (Wildman–Crippen LogP) is 3.18. The Kier molecular flexibility index (Phi) is 7.38. The molecule has 184 valence electrons. The fraction of sp³-hybridized carbons (Fsp3) is 0.360. The van der Waals surface area contributed by atoms with Crippen LogP contribution in [-0.4, -0.2) is 27.5 Å². The standard InChI is InChI=1S/C17H18F2N4O2.C8H10N2/c1-20-16(24)13-5-6-14-22-9-12(17(25)23(13)14)21-8-10-3-2-4-11(7-10)15(18)19;9-8-5-4-6-2-1-3-7(6)10-8/h2-4,7,9,13,15,21H,5-6,8H2,1H3,(H,20,24);4-5H,1-3H2,(H2,9,10). The highest BCUT2D eigenvalue weighted by atomic mass is 19.3. The van der Waals surface area contributed by atoms with Crippen LogP contribution in [0.4, 0.5) is 20.3 Å². The number of nitrogens with zero attached hydrogens (tertiary/aromatic N) is 3. The number of benzene rings is 1. The topological polar surface area (TPSA) is 115 Å². The van der Waals surface area contributed by atoms with Gasteiger partial charge >= 0.3 is 0 Å². The van der Waals surface area contributed by atoms with E-state index in [1.807, 2.05) is 6.07 Å². The Hall–Kier alpha value is -3.82. The Morgan fingerprint density at radius 1 is 1.23 bits per heavy atom. The highest BCUT2D eigenvalue weighted by Gasteiger charge is 2.30. The van der Waals surface area contributed by atoms with E-state index < -0.39 is 12.5 Å². The molecule has 35 heavy (non-hydrogen) atoms. The molecule has 0 fully saturated rings. The van der Waals surface area contributed by atoms with E-state index in [0.29, 0.717) is 30.0 Å². The SMILES string of the molecule is CNC(=O)C1CCc2ncc(NCc3cccc(C(F)F)c3)c(=O)n21.Nc1ccc2c(n1)CCC2. The first-order chi connectivity index (χ1) is 16.9. The molecule has 4 N–H and O–H groups in total. The number of nitrogens with two attached hydrogens (primary N) is 1. The lowest BCUT2D eigenvalue weighted by molar-refractivity contribution is -0.123. The number of carbonyl (C=O) groups excluding carboxylic acids is 1. The number of alkyl halides is 2. The minimum atomic E-state index is -2.54. The minimum absolute atomic E-state index is 0.0669. The summed E-state index contributed by atoms with van der Waals surface area (Å²) >= 11 is 0. The number of hydrogen-bond acceptors (Lipinski definition) is 6. The van der Waals surface area contributed by atoms with Crippen molar-refractivity contribution < 1.29 is 13.6 Å². The van der Waals surface area contributed by atoms with Crippen LogP contribution in [0.15, 0.2) is 47.4 Å². The van der Waals surface area contributed by atoms with Crippen LogP contribution < -0.4 is 21.9 Å². The van der Waals surface area contributed by atoms with Crippen molar-refractivity contribution in [2.45, 2.75) is 51.1 Å². The van der Waals surface area contributed by atoms with E-state index in [1.54, 1.807) is 12.1 Å². The van der Waals surface area contributed by atoms with E-state index in [1.165, 1.54) is 54.0 Å². The normalized spacial score (nSPS) is 15.7.